The number of imidazole rings is 1. The number of fused-ring (bicyclic) bond motifs is 1. The summed E-state index contributed by atoms with van der Waals surface area (Å²) in [4.78, 5) is 4.54. The van der Waals surface area contributed by atoms with Crippen LogP contribution in [0.5, 0.6) is 0 Å². The van der Waals surface area contributed by atoms with Gasteiger partial charge in [-0.25, -0.2) is 4.98 Å². The molecule has 2 aromatic heterocycles. The maximum absolute atomic E-state index is 12.1. The Morgan fingerprint density at radius 3 is 2.65 bits per heavy atom. The second-order valence-corrected chi connectivity index (χ2v) is 8.52. The summed E-state index contributed by atoms with van der Waals surface area (Å²) in [6.07, 6.45) is 3.91. The van der Waals surface area contributed by atoms with E-state index in [4.69, 9.17) is 0 Å². The van der Waals surface area contributed by atoms with Crippen LogP contribution >= 0.6 is 15.9 Å². The van der Waals surface area contributed by atoms with Crippen molar-refractivity contribution in [1.82, 2.24) is 9.38 Å². The average Bonchev–Trinajstić information content (AvgIpc) is 2.71. The van der Waals surface area contributed by atoms with Crippen molar-refractivity contribution in [3.8, 4) is 0 Å². The largest absolute Gasteiger partial charge is 0.591 e. The molecule has 0 spiro atoms. The fraction of sp³-hybridized carbons (Fsp3) is 0.429. The van der Waals surface area contributed by atoms with Gasteiger partial charge in [-0.2, -0.15) is 0 Å². The summed E-state index contributed by atoms with van der Waals surface area (Å²) in [5.74, 6) is 0. The highest BCUT2D eigenvalue weighted by molar-refractivity contribution is 9.10. The molecule has 0 N–H and O–H groups in total. The van der Waals surface area contributed by atoms with Gasteiger partial charge in [0.15, 0.2) is 5.65 Å². The number of rotatable bonds is 2. The SMILES string of the molecule is CC(=N[S+]([O-])C(C)(C)C)c1cn2cc(C)cc(Br)c2n1. The van der Waals surface area contributed by atoms with Gasteiger partial charge in [0.05, 0.1) is 4.47 Å². The molecule has 0 aliphatic carbocycles. The van der Waals surface area contributed by atoms with E-state index in [0.29, 0.717) is 5.71 Å². The van der Waals surface area contributed by atoms with E-state index in [1.54, 1.807) is 0 Å². The summed E-state index contributed by atoms with van der Waals surface area (Å²) >= 11 is 2.24. The van der Waals surface area contributed by atoms with Crippen LogP contribution in [-0.2, 0) is 11.4 Å². The van der Waals surface area contributed by atoms with E-state index in [1.807, 2.05) is 57.5 Å². The van der Waals surface area contributed by atoms with E-state index >= 15 is 0 Å². The third-order valence-corrected chi connectivity index (χ3v) is 4.83. The van der Waals surface area contributed by atoms with Crippen LogP contribution in [-0.4, -0.2) is 24.4 Å². The lowest BCUT2D eigenvalue weighted by Gasteiger charge is -2.18. The number of nitrogens with zero attached hydrogens (tertiary/aromatic N) is 3. The highest BCUT2D eigenvalue weighted by Crippen LogP contribution is 2.21. The minimum atomic E-state index is -1.27. The lowest BCUT2D eigenvalue weighted by atomic mass is 10.3. The molecule has 0 aliphatic heterocycles. The summed E-state index contributed by atoms with van der Waals surface area (Å²) in [7, 11) is 0. The van der Waals surface area contributed by atoms with Crippen LogP contribution in [0, 0.1) is 6.92 Å². The number of halogens is 1. The van der Waals surface area contributed by atoms with Gasteiger partial charge in [-0.3, -0.25) is 0 Å². The van der Waals surface area contributed by atoms with E-state index in [9.17, 15) is 4.55 Å². The molecule has 0 amide bonds. The molecule has 0 fully saturated rings. The van der Waals surface area contributed by atoms with Crippen LogP contribution in [0.2, 0.25) is 0 Å². The molecule has 0 aromatic carbocycles. The molecular formula is C14H18BrN3OS. The van der Waals surface area contributed by atoms with Crippen LogP contribution in [0.3, 0.4) is 0 Å². The van der Waals surface area contributed by atoms with Crippen molar-refractivity contribution in [2.45, 2.75) is 39.4 Å². The van der Waals surface area contributed by atoms with Gasteiger partial charge in [-0.1, -0.05) is 4.40 Å². The van der Waals surface area contributed by atoms with Crippen molar-refractivity contribution >= 4 is 38.7 Å². The topological polar surface area (TPSA) is 52.7 Å². The number of aryl methyl sites for hydroxylation is 1. The zero-order valence-electron chi connectivity index (χ0n) is 12.3. The Morgan fingerprint density at radius 1 is 1.40 bits per heavy atom. The first-order chi connectivity index (χ1) is 9.18. The second kappa shape index (κ2) is 5.50. The molecule has 2 rings (SSSR count). The maximum Gasteiger partial charge on any atom is 0.151 e. The van der Waals surface area contributed by atoms with Crippen LogP contribution < -0.4 is 0 Å². The quantitative estimate of drug-likeness (QED) is 0.609. The standard InChI is InChI=1S/C14H18BrN3OS/c1-9-6-11(15)13-16-12(8-18(13)7-9)10(2)17-20(19)14(3,4)5/h6-8H,1-5H3. The molecule has 0 radical (unpaired) electrons. The van der Waals surface area contributed by atoms with Crippen molar-refractivity contribution in [2.75, 3.05) is 0 Å². The summed E-state index contributed by atoms with van der Waals surface area (Å²) in [6.45, 7) is 9.59. The van der Waals surface area contributed by atoms with Crippen molar-refractivity contribution in [1.29, 1.82) is 0 Å². The molecule has 2 heterocycles. The molecule has 1 atom stereocenters. The molecule has 20 heavy (non-hydrogen) atoms. The number of hydrogen-bond acceptors (Lipinski definition) is 3. The molecule has 4 nitrogen and oxygen atoms in total. The Kier molecular flexibility index (Phi) is 4.27. The summed E-state index contributed by atoms with van der Waals surface area (Å²) in [5.41, 5.74) is 3.41. The fourth-order valence-electron chi connectivity index (χ4n) is 1.67. The van der Waals surface area contributed by atoms with Crippen molar-refractivity contribution < 1.29 is 4.55 Å². The highest BCUT2D eigenvalue weighted by atomic mass is 79.9. The van der Waals surface area contributed by atoms with Crippen molar-refractivity contribution in [3.63, 3.8) is 0 Å². The monoisotopic (exact) mass is 355 g/mol. The molecule has 0 saturated heterocycles. The van der Waals surface area contributed by atoms with Gasteiger partial charge in [0.1, 0.15) is 27.5 Å². The first-order valence-corrected chi connectivity index (χ1v) is 8.21. The predicted octanol–water partition coefficient (Wildman–Crippen LogP) is 3.68. The van der Waals surface area contributed by atoms with Crippen molar-refractivity contribution in [2.24, 2.45) is 4.40 Å². The molecule has 0 saturated carbocycles. The van der Waals surface area contributed by atoms with Crippen LogP contribution in [0.25, 0.3) is 5.65 Å². The summed E-state index contributed by atoms with van der Waals surface area (Å²) in [5, 5.41) is 0. The van der Waals surface area contributed by atoms with E-state index in [-0.39, 0.29) is 4.75 Å². The van der Waals surface area contributed by atoms with Crippen LogP contribution in [0.1, 0.15) is 39.0 Å². The highest BCUT2D eigenvalue weighted by Gasteiger charge is 2.27. The zero-order valence-corrected chi connectivity index (χ0v) is 14.7. The van der Waals surface area contributed by atoms with Crippen molar-refractivity contribution in [3.05, 3.63) is 34.2 Å². The Hall–Kier alpha value is -0.850. The molecule has 2 aromatic rings. The molecular weight excluding hydrogens is 338 g/mol. The van der Waals surface area contributed by atoms with Crippen LogP contribution in [0.4, 0.5) is 0 Å². The normalized spacial score (nSPS) is 14.8. The lowest BCUT2D eigenvalue weighted by molar-refractivity contribution is 0.561. The van der Waals surface area contributed by atoms with Gasteiger partial charge in [-0.05, 0) is 62.2 Å². The Balaban J connectivity index is 2.43. The third kappa shape index (κ3) is 3.24. The lowest BCUT2D eigenvalue weighted by Crippen LogP contribution is -2.26. The third-order valence-electron chi connectivity index (χ3n) is 2.76. The van der Waals surface area contributed by atoms with E-state index < -0.39 is 11.4 Å². The fourth-order valence-corrected chi connectivity index (χ4v) is 2.94. The van der Waals surface area contributed by atoms with Gasteiger partial charge in [-0.15, -0.1) is 0 Å². The van der Waals surface area contributed by atoms with Crippen LogP contribution in [0.15, 0.2) is 27.3 Å². The predicted molar refractivity (Wildman–Crippen MR) is 87.7 cm³/mol. The smallest absolute Gasteiger partial charge is 0.151 e. The maximum atomic E-state index is 12.1. The summed E-state index contributed by atoms with van der Waals surface area (Å²) < 4.78 is 18.9. The average molecular weight is 356 g/mol. The van der Waals surface area contributed by atoms with Gasteiger partial charge in [0.25, 0.3) is 0 Å². The van der Waals surface area contributed by atoms with E-state index in [1.165, 1.54) is 0 Å². The molecule has 6 heteroatoms. The first-order valence-electron chi connectivity index (χ1n) is 6.31. The second-order valence-electron chi connectivity index (χ2n) is 5.76. The Labute approximate surface area is 130 Å². The van der Waals surface area contributed by atoms with Gasteiger partial charge in [0.2, 0.25) is 0 Å². The van der Waals surface area contributed by atoms with E-state index in [0.717, 1.165) is 21.4 Å². The molecule has 108 valence electrons. The molecule has 1 unspecified atom stereocenters. The Morgan fingerprint density at radius 2 is 2.05 bits per heavy atom. The Bertz CT molecular complexity index is 673. The number of pyridine rings is 1. The summed E-state index contributed by atoms with van der Waals surface area (Å²) in [6, 6.07) is 2.02. The zero-order chi connectivity index (χ0) is 15.1. The molecule has 0 bridgehead atoms. The van der Waals surface area contributed by atoms with Gasteiger partial charge < -0.3 is 8.95 Å². The van der Waals surface area contributed by atoms with Gasteiger partial charge >= 0.3 is 0 Å². The number of hydrogen-bond donors (Lipinski definition) is 0. The van der Waals surface area contributed by atoms with E-state index in [2.05, 4.69) is 25.3 Å². The first kappa shape index (κ1) is 15.5. The van der Waals surface area contributed by atoms with Gasteiger partial charge in [0, 0.05) is 12.4 Å². The molecule has 0 aliphatic rings. The minimum Gasteiger partial charge on any atom is -0.591 e. The number of aromatic nitrogens is 2. The minimum absolute atomic E-state index is 0.364.